The highest BCUT2D eigenvalue weighted by Gasteiger charge is 2.04. The molecule has 2 rings (SSSR count). The number of benzene rings is 2. The first-order valence-corrected chi connectivity index (χ1v) is 7.70. The Balaban J connectivity index is 1.86. The van der Waals surface area contributed by atoms with Gasteiger partial charge in [0.25, 0.3) is 5.91 Å². The van der Waals surface area contributed by atoms with Crippen molar-refractivity contribution >= 4 is 18.1 Å². The van der Waals surface area contributed by atoms with Crippen LogP contribution in [0.5, 0.6) is 11.5 Å². The highest BCUT2D eigenvalue weighted by Crippen LogP contribution is 2.12. The summed E-state index contributed by atoms with van der Waals surface area (Å²) in [4.78, 5) is 22.4. The van der Waals surface area contributed by atoms with Gasteiger partial charge in [-0.2, -0.15) is 5.10 Å². The molecule has 0 saturated carbocycles. The molecule has 0 heterocycles. The van der Waals surface area contributed by atoms with Crippen LogP contribution < -0.4 is 14.9 Å². The van der Waals surface area contributed by atoms with E-state index in [2.05, 4.69) is 17.1 Å². The molecule has 26 heavy (non-hydrogen) atoms. The maximum atomic E-state index is 12.0. The summed E-state index contributed by atoms with van der Waals surface area (Å²) in [6, 6.07) is 13.3. The largest absolute Gasteiger partial charge is 0.490 e. The Hall–Kier alpha value is -3.61. The third-order valence-corrected chi connectivity index (χ3v) is 3.11. The predicted octanol–water partition coefficient (Wildman–Crippen LogP) is 2.48. The fourth-order valence-electron chi connectivity index (χ4n) is 1.88. The Labute approximate surface area is 150 Å². The number of amides is 1. The van der Waals surface area contributed by atoms with E-state index in [1.807, 2.05) is 0 Å². The maximum Gasteiger partial charge on any atom is 0.341 e. The topological polar surface area (TPSA) is 97.2 Å². The molecule has 7 nitrogen and oxygen atoms in total. The first-order chi connectivity index (χ1) is 12.6. The maximum absolute atomic E-state index is 12.0. The second-order valence-corrected chi connectivity index (χ2v) is 5.07. The van der Waals surface area contributed by atoms with Crippen molar-refractivity contribution in [2.24, 2.45) is 5.10 Å². The van der Waals surface area contributed by atoms with Gasteiger partial charge in [0, 0.05) is 5.56 Å². The zero-order valence-electron chi connectivity index (χ0n) is 13.9. The molecular formula is C19H18N2O5. The molecule has 134 valence electrons. The van der Waals surface area contributed by atoms with Gasteiger partial charge in [-0.15, -0.1) is 0 Å². The number of ether oxygens (including phenoxy) is 2. The van der Waals surface area contributed by atoms with Crippen LogP contribution in [0.2, 0.25) is 0 Å². The molecule has 0 aliphatic heterocycles. The number of aliphatic carboxylic acids is 1. The first kappa shape index (κ1) is 18.7. The average Bonchev–Trinajstić information content (AvgIpc) is 2.66. The summed E-state index contributed by atoms with van der Waals surface area (Å²) < 4.78 is 10.4. The molecule has 0 aliphatic rings. The molecule has 0 aromatic heterocycles. The van der Waals surface area contributed by atoms with Gasteiger partial charge in [-0.05, 0) is 54.1 Å². The van der Waals surface area contributed by atoms with Crippen molar-refractivity contribution in [3.63, 3.8) is 0 Å². The van der Waals surface area contributed by atoms with E-state index in [4.69, 9.17) is 14.6 Å². The van der Waals surface area contributed by atoms with E-state index < -0.39 is 12.6 Å². The summed E-state index contributed by atoms with van der Waals surface area (Å²) in [6.07, 6.45) is 3.11. The van der Waals surface area contributed by atoms with Crippen molar-refractivity contribution in [1.29, 1.82) is 0 Å². The number of hydrogen-bond acceptors (Lipinski definition) is 5. The van der Waals surface area contributed by atoms with E-state index in [9.17, 15) is 9.59 Å². The van der Waals surface area contributed by atoms with Gasteiger partial charge in [-0.1, -0.05) is 12.7 Å². The third-order valence-electron chi connectivity index (χ3n) is 3.11. The number of carboxylic acid groups (broad SMARTS) is 1. The number of nitrogens with one attached hydrogen (secondary N) is 1. The fraction of sp³-hybridized carbons (Fsp3) is 0.105. The number of hydrogen-bond donors (Lipinski definition) is 2. The molecule has 2 N–H and O–H groups in total. The van der Waals surface area contributed by atoms with Crippen LogP contribution in [-0.2, 0) is 4.79 Å². The van der Waals surface area contributed by atoms with Gasteiger partial charge in [0.2, 0.25) is 0 Å². The standard InChI is InChI=1S/C19H18N2O5/c1-2-11-25-16-9-5-15(6-10-16)19(24)21-20-12-14-3-7-17(8-4-14)26-13-18(22)23/h2-10,12H,1,11,13H2,(H,21,24)(H,22,23)/b20-12-. The van der Waals surface area contributed by atoms with E-state index >= 15 is 0 Å². The summed E-state index contributed by atoms with van der Waals surface area (Å²) in [7, 11) is 0. The molecule has 0 radical (unpaired) electrons. The summed E-state index contributed by atoms with van der Waals surface area (Å²) >= 11 is 0. The van der Waals surface area contributed by atoms with Crippen molar-refractivity contribution in [3.8, 4) is 11.5 Å². The minimum atomic E-state index is -1.04. The quantitative estimate of drug-likeness (QED) is 0.410. The van der Waals surface area contributed by atoms with Gasteiger partial charge in [0.1, 0.15) is 18.1 Å². The van der Waals surface area contributed by atoms with E-state index in [0.717, 1.165) is 5.56 Å². The monoisotopic (exact) mass is 354 g/mol. The molecule has 0 fully saturated rings. The number of nitrogens with zero attached hydrogens (tertiary/aromatic N) is 1. The van der Waals surface area contributed by atoms with Crippen molar-refractivity contribution in [1.82, 2.24) is 5.43 Å². The smallest absolute Gasteiger partial charge is 0.341 e. The van der Waals surface area contributed by atoms with Crippen molar-refractivity contribution in [3.05, 3.63) is 72.3 Å². The molecule has 7 heteroatoms. The van der Waals surface area contributed by atoms with Gasteiger partial charge in [0.05, 0.1) is 6.21 Å². The Morgan fingerprint density at radius 3 is 2.27 bits per heavy atom. The molecule has 0 aliphatic carbocycles. The molecule has 1 amide bonds. The van der Waals surface area contributed by atoms with E-state index in [-0.39, 0.29) is 5.91 Å². The minimum absolute atomic E-state index is 0.349. The lowest BCUT2D eigenvalue weighted by Gasteiger charge is -2.04. The van der Waals surface area contributed by atoms with Crippen molar-refractivity contribution in [2.45, 2.75) is 0 Å². The second kappa shape index (κ2) is 9.63. The number of carbonyl (C=O) groups excluding carboxylic acids is 1. The molecule has 2 aromatic rings. The lowest BCUT2D eigenvalue weighted by Crippen LogP contribution is -2.17. The molecule has 0 saturated heterocycles. The summed E-state index contributed by atoms with van der Waals surface area (Å²) in [5.41, 5.74) is 3.60. The minimum Gasteiger partial charge on any atom is -0.490 e. The molecule has 0 spiro atoms. The van der Waals surface area contributed by atoms with Crippen LogP contribution in [0.4, 0.5) is 0 Å². The normalized spacial score (nSPS) is 10.3. The van der Waals surface area contributed by atoms with Crippen LogP contribution in [0.1, 0.15) is 15.9 Å². The van der Waals surface area contributed by atoms with E-state index in [1.54, 1.807) is 54.6 Å². The van der Waals surface area contributed by atoms with Crippen LogP contribution in [0.25, 0.3) is 0 Å². The molecule has 2 aromatic carbocycles. The highest BCUT2D eigenvalue weighted by atomic mass is 16.5. The first-order valence-electron chi connectivity index (χ1n) is 7.70. The average molecular weight is 354 g/mol. The van der Waals surface area contributed by atoms with Crippen molar-refractivity contribution in [2.75, 3.05) is 13.2 Å². The van der Waals surface area contributed by atoms with Gasteiger partial charge in [-0.3, -0.25) is 4.79 Å². The van der Waals surface area contributed by atoms with Crippen molar-refractivity contribution < 1.29 is 24.2 Å². The Bertz CT molecular complexity index is 783. The Morgan fingerprint density at radius 2 is 1.65 bits per heavy atom. The number of carboxylic acids is 1. The summed E-state index contributed by atoms with van der Waals surface area (Å²) in [5, 5.41) is 12.4. The van der Waals surface area contributed by atoms with Gasteiger partial charge in [-0.25, -0.2) is 10.2 Å². The van der Waals surface area contributed by atoms with Gasteiger partial charge in [0.15, 0.2) is 6.61 Å². The van der Waals surface area contributed by atoms with Crippen LogP contribution in [-0.4, -0.2) is 36.4 Å². The Morgan fingerprint density at radius 1 is 1.04 bits per heavy atom. The third kappa shape index (κ3) is 6.12. The molecular weight excluding hydrogens is 336 g/mol. The second-order valence-electron chi connectivity index (χ2n) is 5.07. The van der Waals surface area contributed by atoms with Gasteiger partial charge < -0.3 is 14.6 Å². The van der Waals surface area contributed by atoms with E-state index in [0.29, 0.717) is 23.7 Å². The molecule has 0 bridgehead atoms. The lowest BCUT2D eigenvalue weighted by atomic mass is 10.2. The van der Waals surface area contributed by atoms with E-state index in [1.165, 1.54) is 6.21 Å². The number of rotatable bonds is 9. The highest BCUT2D eigenvalue weighted by molar-refractivity contribution is 5.95. The van der Waals surface area contributed by atoms with Crippen LogP contribution >= 0.6 is 0 Å². The Kier molecular flexibility index (Phi) is 6.93. The summed E-state index contributed by atoms with van der Waals surface area (Å²) in [6.45, 7) is 3.56. The fourth-order valence-corrected chi connectivity index (χ4v) is 1.88. The zero-order valence-corrected chi connectivity index (χ0v) is 13.9. The molecule has 0 unspecified atom stereocenters. The van der Waals surface area contributed by atoms with Crippen LogP contribution in [0, 0.1) is 0 Å². The van der Waals surface area contributed by atoms with Crippen LogP contribution in [0.15, 0.2) is 66.3 Å². The summed E-state index contributed by atoms with van der Waals surface area (Å²) in [5.74, 6) is -0.306. The number of hydrazone groups is 1. The molecule has 0 atom stereocenters. The lowest BCUT2D eigenvalue weighted by molar-refractivity contribution is -0.139. The SMILES string of the molecule is C=CCOc1ccc(C(=O)N/N=C\c2ccc(OCC(=O)O)cc2)cc1. The predicted molar refractivity (Wildman–Crippen MR) is 96.8 cm³/mol. The number of carbonyl (C=O) groups is 2. The van der Waals surface area contributed by atoms with Crippen LogP contribution in [0.3, 0.4) is 0 Å². The zero-order chi connectivity index (χ0) is 18.8. The van der Waals surface area contributed by atoms with Gasteiger partial charge >= 0.3 is 5.97 Å².